The van der Waals surface area contributed by atoms with Crippen LogP contribution in [0.3, 0.4) is 0 Å². The van der Waals surface area contributed by atoms with Crippen LogP contribution in [-0.4, -0.2) is 40.5 Å². The quantitative estimate of drug-likeness (QED) is 0.198. The lowest BCUT2D eigenvalue weighted by Crippen LogP contribution is -2.22. The van der Waals surface area contributed by atoms with Crippen LogP contribution >= 0.6 is 21.8 Å². The number of benzene rings is 3. The molecule has 4 aromatic rings. The monoisotopic (exact) mass is 545 g/mol. The van der Waals surface area contributed by atoms with Crippen LogP contribution in [0.15, 0.2) is 82.7 Å². The summed E-state index contributed by atoms with van der Waals surface area (Å²) in [5.41, 5.74) is 2.76. The fourth-order valence-electron chi connectivity index (χ4n) is 4.11. The van der Waals surface area contributed by atoms with E-state index in [1.807, 2.05) is 61.5 Å². The number of fused-ring (bicyclic) bond motifs is 2. The Hall–Kier alpha value is -3.79. The zero-order valence-corrected chi connectivity index (χ0v) is 22.4. The second kappa shape index (κ2) is 11.7. The van der Waals surface area contributed by atoms with E-state index in [9.17, 15) is 9.59 Å². The predicted molar refractivity (Wildman–Crippen MR) is 153 cm³/mol. The van der Waals surface area contributed by atoms with E-state index in [1.54, 1.807) is 18.3 Å². The van der Waals surface area contributed by atoms with Gasteiger partial charge in [-0.05, 0) is 61.5 Å². The van der Waals surface area contributed by atoms with Crippen LogP contribution in [0.4, 0.5) is 5.69 Å². The highest BCUT2D eigenvalue weighted by Crippen LogP contribution is 2.44. The second-order valence-electron chi connectivity index (χ2n) is 8.50. The number of aliphatic hydroxyl groups excluding tert-OH is 1. The lowest BCUT2D eigenvalue weighted by Gasteiger charge is -2.13. The van der Waals surface area contributed by atoms with Crippen LogP contribution < -0.4 is 15.4 Å². The number of hydrogen-bond acceptors (Lipinski definition) is 6. The molecule has 3 aromatic carbocycles. The number of hydrogen-bond donors (Lipinski definition) is 3. The van der Waals surface area contributed by atoms with Crippen LogP contribution in [0.1, 0.15) is 38.9 Å². The van der Waals surface area contributed by atoms with E-state index >= 15 is 0 Å². The summed E-state index contributed by atoms with van der Waals surface area (Å²) in [6.07, 6.45) is 2.36. The Kier molecular flexibility index (Phi) is 7.97. The van der Waals surface area contributed by atoms with Gasteiger partial charge in [-0.3, -0.25) is 9.59 Å². The number of aromatic nitrogens is 1. The number of carbonyl (C=O) groups excluding carboxylic acids is 2. The van der Waals surface area contributed by atoms with Crippen molar-refractivity contribution in [2.24, 2.45) is 0 Å². The first kappa shape index (κ1) is 25.8. The van der Waals surface area contributed by atoms with Crippen LogP contribution in [0.2, 0.25) is 0 Å². The molecule has 0 fully saturated rings. The fraction of sp³-hybridized carbons (Fsp3) is 0.172. The molecule has 0 radical (unpaired) electrons. The maximum Gasteiger partial charge on any atom is 0.256 e. The van der Waals surface area contributed by atoms with E-state index < -0.39 is 0 Å². The minimum absolute atomic E-state index is 0.104. The third kappa shape index (κ3) is 5.55. The summed E-state index contributed by atoms with van der Waals surface area (Å²) < 4.78 is 5.58. The Bertz CT molecular complexity index is 1510. The number of nitrogens with zero attached hydrogens (tertiary/aromatic N) is 1. The molecule has 7 nitrogen and oxygen atoms in total. The molecule has 0 bridgehead atoms. The van der Waals surface area contributed by atoms with Crippen LogP contribution in [0.5, 0.6) is 5.75 Å². The molecule has 2 heterocycles. The molecule has 0 spiro atoms. The smallest absolute Gasteiger partial charge is 0.256 e. The number of thiazole rings is 1. The molecule has 1 aliphatic rings. The normalized spacial score (nSPS) is 14.3. The number of amides is 2. The molecule has 0 saturated carbocycles. The van der Waals surface area contributed by atoms with Crippen molar-refractivity contribution in [2.75, 3.05) is 18.5 Å². The molecular formula is C29H27N3O4S2. The molecule has 1 atom stereocenters. The first-order chi connectivity index (χ1) is 18.6. The summed E-state index contributed by atoms with van der Waals surface area (Å²) in [6.45, 7) is 2.91. The number of rotatable bonds is 8. The van der Waals surface area contributed by atoms with E-state index in [0.717, 1.165) is 31.0 Å². The first-order valence-corrected chi connectivity index (χ1v) is 14.3. The van der Waals surface area contributed by atoms with E-state index in [4.69, 9.17) is 9.84 Å². The van der Waals surface area contributed by atoms with Crippen molar-refractivity contribution in [1.82, 2.24) is 10.3 Å². The van der Waals surface area contributed by atoms with Gasteiger partial charge in [0.1, 0.15) is 10.8 Å². The summed E-state index contributed by atoms with van der Waals surface area (Å²) in [5.74, 6) is 0.359. The highest BCUT2D eigenvalue weighted by atomic mass is 32.2. The minimum atomic E-state index is -0.379. The third-order valence-corrected chi connectivity index (χ3v) is 9.16. The Balaban J connectivity index is 1.26. The van der Waals surface area contributed by atoms with Gasteiger partial charge in [0.25, 0.3) is 11.8 Å². The van der Waals surface area contributed by atoms with Crippen molar-refractivity contribution in [3.63, 3.8) is 0 Å². The number of anilines is 1. The zero-order chi connectivity index (χ0) is 26.5. The lowest BCUT2D eigenvalue weighted by atomic mass is 10.1. The summed E-state index contributed by atoms with van der Waals surface area (Å²) >= 11 is 1.51. The van der Waals surface area contributed by atoms with Gasteiger partial charge in [0, 0.05) is 45.0 Å². The van der Waals surface area contributed by atoms with Gasteiger partial charge >= 0.3 is 0 Å². The molecule has 0 saturated heterocycles. The molecule has 3 N–H and O–H groups in total. The van der Waals surface area contributed by atoms with Gasteiger partial charge in [-0.1, -0.05) is 17.5 Å². The molecule has 38 heavy (non-hydrogen) atoms. The largest absolute Gasteiger partial charge is 0.494 e. The van der Waals surface area contributed by atoms with Crippen molar-refractivity contribution in [3.8, 4) is 16.3 Å². The van der Waals surface area contributed by atoms with Gasteiger partial charge in [0.05, 0.1) is 24.4 Å². The Morgan fingerprint density at radius 2 is 1.95 bits per heavy atom. The topological polar surface area (TPSA) is 101 Å². The van der Waals surface area contributed by atoms with Gasteiger partial charge in [0.2, 0.25) is 0 Å². The van der Waals surface area contributed by atoms with Crippen molar-refractivity contribution < 1.29 is 19.4 Å². The maximum absolute atomic E-state index is 13.0. The Labute approximate surface area is 227 Å². The standard InChI is InChI=1S/C29H27N3O4S2/c1-2-38-25-7-4-3-6-23(25)28(35)32-24-16-20(10-13-26(24)38)27(34)30-17-22-18-31-29(37-22)19-8-11-21(12-9-19)36-15-5-14-33/h2-4,6-13,16,18,33H,5,14-15,17H2,1H3,(H,30,34)(H,32,35). The summed E-state index contributed by atoms with van der Waals surface area (Å²) in [5, 5.41) is 17.8. The summed E-state index contributed by atoms with van der Waals surface area (Å²) in [6, 6.07) is 20.8. The third-order valence-electron chi connectivity index (χ3n) is 5.98. The molecule has 1 unspecified atom stereocenters. The first-order valence-electron chi connectivity index (χ1n) is 12.2. The zero-order valence-electron chi connectivity index (χ0n) is 20.8. The molecular weight excluding hydrogens is 518 g/mol. The molecule has 2 amide bonds. The van der Waals surface area contributed by atoms with Crippen molar-refractivity contribution in [3.05, 3.63) is 88.9 Å². The van der Waals surface area contributed by atoms with Crippen molar-refractivity contribution in [1.29, 1.82) is 0 Å². The Morgan fingerprint density at radius 1 is 1.13 bits per heavy atom. The van der Waals surface area contributed by atoms with Crippen LogP contribution in [0, 0.1) is 0 Å². The number of aliphatic hydroxyl groups is 1. The van der Waals surface area contributed by atoms with Crippen molar-refractivity contribution in [2.45, 2.75) is 29.7 Å². The van der Waals surface area contributed by atoms with Gasteiger partial charge in [-0.25, -0.2) is 4.98 Å². The Morgan fingerprint density at radius 3 is 2.74 bits per heavy atom. The van der Waals surface area contributed by atoms with E-state index in [-0.39, 0.29) is 28.9 Å². The van der Waals surface area contributed by atoms with Gasteiger partial charge in [-0.2, -0.15) is 0 Å². The SMILES string of the molecule is C/C=S1/c2ccc(C(=O)NCc3cnc(-c4ccc(OCCCO)cc4)s3)cc2NC(=O)c2ccccc21. The average molecular weight is 546 g/mol. The minimum Gasteiger partial charge on any atom is -0.494 e. The number of nitrogens with one attached hydrogen (secondary N) is 2. The average Bonchev–Trinajstić information content (AvgIpc) is 3.38. The summed E-state index contributed by atoms with van der Waals surface area (Å²) in [7, 11) is -0.379. The van der Waals surface area contributed by atoms with Crippen LogP contribution in [0.25, 0.3) is 10.6 Å². The van der Waals surface area contributed by atoms with E-state index in [0.29, 0.717) is 36.4 Å². The second-order valence-corrected chi connectivity index (χ2v) is 11.6. The number of carbonyl (C=O) groups is 2. The van der Waals surface area contributed by atoms with E-state index in [2.05, 4.69) is 21.0 Å². The predicted octanol–water partition coefficient (Wildman–Crippen LogP) is 5.58. The highest BCUT2D eigenvalue weighted by Gasteiger charge is 2.23. The fourth-order valence-corrected chi connectivity index (χ4v) is 6.90. The molecule has 0 aliphatic carbocycles. The maximum atomic E-state index is 13.0. The van der Waals surface area contributed by atoms with Gasteiger partial charge in [-0.15, -0.1) is 21.8 Å². The van der Waals surface area contributed by atoms with Gasteiger partial charge in [0.15, 0.2) is 0 Å². The molecule has 5 rings (SSSR count). The molecule has 1 aliphatic heterocycles. The van der Waals surface area contributed by atoms with Gasteiger partial charge < -0.3 is 20.5 Å². The molecule has 1 aromatic heterocycles. The summed E-state index contributed by atoms with van der Waals surface area (Å²) in [4.78, 5) is 33.3. The van der Waals surface area contributed by atoms with Crippen LogP contribution in [-0.2, 0) is 6.54 Å². The molecule has 9 heteroatoms. The van der Waals surface area contributed by atoms with Crippen molar-refractivity contribution >= 4 is 44.7 Å². The molecule has 194 valence electrons. The lowest BCUT2D eigenvalue weighted by molar-refractivity contribution is 0.0949. The van der Waals surface area contributed by atoms with E-state index in [1.165, 1.54) is 11.3 Å². The highest BCUT2D eigenvalue weighted by molar-refractivity contribution is 8.15. The number of ether oxygens (including phenoxy) is 1.